The van der Waals surface area contributed by atoms with Crippen molar-refractivity contribution < 1.29 is 24.2 Å². The summed E-state index contributed by atoms with van der Waals surface area (Å²) in [4.78, 5) is 26.7. The van der Waals surface area contributed by atoms with Gasteiger partial charge in [-0.15, -0.1) is 0 Å². The van der Waals surface area contributed by atoms with Gasteiger partial charge in [0.2, 0.25) is 0 Å². The summed E-state index contributed by atoms with van der Waals surface area (Å²) in [5, 5.41) is 14.4. The van der Waals surface area contributed by atoms with Crippen molar-refractivity contribution in [1.29, 1.82) is 0 Å². The number of anilines is 2. The van der Waals surface area contributed by atoms with E-state index in [1.165, 1.54) is 0 Å². The molecular formula is C21H33N3O5. The number of nitrogens with zero attached hydrogens (tertiary/aromatic N) is 1. The lowest BCUT2D eigenvalue weighted by Gasteiger charge is -2.39. The molecule has 0 aliphatic carbocycles. The molecule has 0 saturated carbocycles. The van der Waals surface area contributed by atoms with E-state index >= 15 is 0 Å². The van der Waals surface area contributed by atoms with Crippen LogP contribution in [0.1, 0.15) is 34.6 Å². The number of benzene rings is 1. The second kappa shape index (κ2) is 9.93. The SMILES string of the molecule is CCOc1cc(N2CCOC(C)(C)C2)ccc1NC(=O)C(=O)NC(C)C(C)CO. The first-order valence-electron chi connectivity index (χ1n) is 10.0. The molecule has 2 atom stereocenters. The number of hydrogen-bond acceptors (Lipinski definition) is 6. The molecule has 0 spiro atoms. The standard InChI is InChI=1S/C21H33N3O5/c1-6-28-18-11-16(24-9-10-29-21(4,5)13-24)7-8-17(18)23-20(27)19(26)22-15(3)14(2)12-25/h7-8,11,14-15,25H,6,9-10,12-13H2,1-5H3,(H,22,26)(H,23,27). The Hall–Kier alpha value is -2.32. The summed E-state index contributed by atoms with van der Waals surface area (Å²) in [6, 6.07) is 5.19. The highest BCUT2D eigenvalue weighted by molar-refractivity contribution is 6.39. The van der Waals surface area contributed by atoms with Crippen LogP contribution < -0.4 is 20.3 Å². The summed E-state index contributed by atoms with van der Waals surface area (Å²) in [5.41, 5.74) is 1.17. The van der Waals surface area contributed by atoms with Crippen molar-refractivity contribution in [2.24, 2.45) is 5.92 Å². The summed E-state index contributed by atoms with van der Waals surface area (Å²) >= 11 is 0. The molecule has 0 bridgehead atoms. The minimum Gasteiger partial charge on any atom is -0.492 e. The van der Waals surface area contributed by atoms with E-state index in [0.29, 0.717) is 24.7 Å². The average Bonchev–Trinajstić information content (AvgIpc) is 2.67. The van der Waals surface area contributed by atoms with Gasteiger partial charge in [-0.2, -0.15) is 0 Å². The van der Waals surface area contributed by atoms with E-state index < -0.39 is 11.8 Å². The number of carbonyl (C=O) groups excluding carboxylic acids is 2. The number of nitrogens with one attached hydrogen (secondary N) is 2. The van der Waals surface area contributed by atoms with E-state index in [4.69, 9.17) is 9.47 Å². The number of aliphatic hydroxyl groups is 1. The molecule has 2 unspecified atom stereocenters. The predicted octanol–water partition coefficient (Wildman–Crippen LogP) is 1.77. The maximum Gasteiger partial charge on any atom is 0.313 e. The lowest BCUT2D eigenvalue weighted by atomic mass is 10.1. The molecule has 0 aromatic heterocycles. The van der Waals surface area contributed by atoms with E-state index in [-0.39, 0.29) is 24.2 Å². The Balaban J connectivity index is 2.12. The van der Waals surface area contributed by atoms with Gasteiger partial charge in [0.15, 0.2) is 0 Å². The average molecular weight is 408 g/mol. The summed E-state index contributed by atoms with van der Waals surface area (Å²) < 4.78 is 11.5. The Kier molecular flexibility index (Phi) is 7.87. The van der Waals surface area contributed by atoms with Gasteiger partial charge >= 0.3 is 11.8 Å². The Labute approximate surface area is 172 Å². The molecule has 2 amide bonds. The van der Waals surface area contributed by atoms with Crippen molar-refractivity contribution >= 4 is 23.2 Å². The minimum atomic E-state index is -0.775. The second-order valence-corrected chi connectivity index (χ2v) is 8.02. The fraction of sp³-hybridized carbons (Fsp3) is 0.619. The molecule has 0 radical (unpaired) electrons. The molecule has 1 saturated heterocycles. The summed E-state index contributed by atoms with van der Waals surface area (Å²) in [5.74, 6) is -1.17. The van der Waals surface area contributed by atoms with Crippen molar-refractivity contribution in [3.05, 3.63) is 18.2 Å². The third kappa shape index (κ3) is 6.33. The highest BCUT2D eigenvalue weighted by Gasteiger charge is 2.28. The van der Waals surface area contributed by atoms with Gasteiger partial charge in [-0.3, -0.25) is 9.59 Å². The summed E-state index contributed by atoms with van der Waals surface area (Å²) in [6.07, 6.45) is 0. The van der Waals surface area contributed by atoms with E-state index in [9.17, 15) is 14.7 Å². The zero-order valence-corrected chi connectivity index (χ0v) is 17.9. The predicted molar refractivity (Wildman–Crippen MR) is 112 cm³/mol. The van der Waals surface area contributed by atoms with Gasteiger partial charge in [-0.05, 0) is 45.7 Å². The number of amides is 2. The third-order valence-corrected chi connectivity index (χ3v) is 5.01. The largest absolute Gasteiger partial charge is 0.492 e. The van der Waals surface area contributed by atoms with Gasteiger partial charge in [0.05, 0.1) is 24.5 Å². The first-order chi connectivity index (χ1) is 13.7. The van der Waals surface area contributed by atoms with Crippen LogP contribution in [0.3, 0.4) is 0 Å². The van der Waals surface area contributed by atoms with Crippen LogP contribution in [0.2, 0.25) is 0 Å². The number of carbonyl (C=O) groups is 2. The Morgan fingerprint density at radius 3 is 2.66 bits per heavy atom. The number of morpholine rings is 1. The first kappa shape index (κ1) is 23.0. The lowest BCUT2D eigenvalue weighted by Crippen LogP contribution is -2.48. The smallest absolute Gasteiger partial charge is 0.313 e. The van der Waals surface area contributed by atoms with E-state index in [0.717, 1.165) is 18.8 Å². The van der Waals surface area contributed by atoms with Gasteiger partial charge < -0.3 is 30.1 Å². The van der Waals surface area contributed by atoms with Gasteiger partial charge in [-0.1, -0.05) is 6.92 Å². The molecular weight excluding hydrogens is 374 g/mol. The van der Waals surface area contributed by atoms with Crippen molar-refractivity contribution in [3.8, 4) is 5.75 Å². The molecule has 1 fully saturated rings. The van der Waals surface area contributed by atoms with Crippen LogP contribution in [0.5, 0.6) is 5.75 Å². The van der Waals surface area contributed by atoms with E-state index in [1.807, 2.05) is 19.1 Å². The third-order valence-electron chi connectivity index (χ3n) is 5.01. The summed E-state index contributed by atoms with van der Waals surface area (Å²) in [7, 11) is 0. The van der Waals surface area contributed by atoms with Gasteiger partial charge in [0, 0.05) is 37.5 Å². The fourth-order valence-corrected chi connectivity index (χ4v) is 3.07. The van der Waals surface area contributed by atoms with Crippen molar-refractivity contribution in [3.63, 3.8) is 0 Å². The molecule has 8 nitrogen and oxygen atoms in total. The Bertz CT molecular complexity index is 722. The molecule has 162 valence electrons. The minimum absolute atomic E-state index is 0.0721. The normalized spacial score (nSPS) is 17.9. The summed E-state index contributed by atoms with van der Waals surface area (Å²) in [6.45, 7) is 12.0. The topological polar surface area (TPSA) is 100 Å². The molecule has 8 heteroatoms. The number of aliphatic hydroxyl groups excluding tert-OH is 1. The number of ether oxygens (including phenoxy) is 2. The van der Waals surface area contributed by atoms with Crippen LogP contribution in [0, 0.1) is 5.92 Å². The lowest BCUT2D eigenvalue weighted by molar-refractivity contribution is -0.136. The van der Waals surface area contributed by atoms with Crippen LogP contribution in [0.4, 0.5) is 11.4 Å². The maximum absolute atomic E-state index is 12.3. The van der Waals surface area contributed by atoms with Crippen LogP contribution >= 0.6 is 0 Å². The van der Waals surface area contributed by atoms with Crippen LogP contribution in [-0.4, -0.2) is 61.5 Å². The molecule has 3 N–H and O–H groups in total. The van der Waals surface area contributed by atoms with Gasteiger partial charge in [0.1, 0.15) is 5.75 Å². The number of rotatable bonds is 7. The molecule has 1 aromatic rings. The Morgan fingerprint density at radius 2 is 2.03 bits per heavy atom. The monoisotopic (exact) mass is 407 g/mol. The second-order valence-electron chi connectivity index (χ2n) is 8.02. The van der Waals surface area contributed by atoms with Crippen LogP contribution in [0.15, 0.2) is 18.2 Å². The van der Waals surface area contributed by atoms with Gasteiger partial charge in [-0.25, -0.2) is 0 Å². The molecule has 1 aliphatic heterocycles. The molecule has 1 aromatic carbocycles. The van der Waals surface area contributed by atoms with Gasteiger partial charge in [0.25, 0.3) is 0 Å². The zero-order valence-electron chi connectivity index (χ0n) is 17.9. The molecule has 2 rings (SSSR count). The van der Waals surface area contributed by atoms with E-state index in [1.54, 1.807) is 19.9 Å². The number of hydrogen-bond donors (Lipinski definition) is 3. The van der Waals surface area contributed by atoms with E-state index in [2.05, 4.69) is 29.4 Å². The molecule has 29 heavy (non-hydrogen) atoms. The van der Waals surface area contributed by atoms with Crippen LogP contribution in [0.25, 0.3) is 0 Å². The Morgan fingerprint density at radius 1 is 1.31 bits per heavy atom. The fourth-order valence-electron chi connectivity index (χ4n) is 3.07. The molecule has 1 aliphatic rings. The first-order valence-corrected chi connectivity index (χ1v) is 10.0. The maximum atomic E-state index is 12.3. The van der Waals surface area contributed by atoms with Crippen molar-refractivity contribution in [2.45, 2.75) is 46.3 Å². The molecule has 1 heterocycles. The zero-order chi connectivity index (χ0) is 21.6. The highest BCUT2D eigenvalue weighted by atomic mass is 16.5. The van der Waals surface area contributed by atoms with Crippen molar-refractivity contribution in [1.82, 2.24) is 5.32 Å². The quantitative estimate of drug-likeness (QED) is 0.596. The highest BCUT2D eigenvalue weighted by Crippen LogP contribution is 2.32. The van der Waals surface area contributed by atoms with Crippen molar-refractivity contribution in [2.75, 3.05) is 43.1 Å². The van der Waals surface area contributed by atoms with Crippen LogP contribution in [-0.2, 0) is 14.3 Å².